The number of morpholine rings is 1. The molecule has 0 bridgehead atoms. The summed E-state index contributed by atoms with van der Waals surface area (Å²) in [7, 11) is -3.69. The molecule has 2 N–H and O–H groups in total. The van der Waals surface area contributed by atoms with E-state index in [1.165, 1.54) is 22.5 Å². The summed E-state index contributed by atoms with van der Waals surface area (Å²) < 4.78 is 32.2. The third kappa shape index (κ3) is 4.89. The van der Waals surface area contributed by atoms with Crippen molar-refractivity contribution in [3.8, 4) is 0 Å². The highest BCUT2D eigenvalue weighted by molar-refractivity contribution is 7.89. The number of nitrogens with one attached hydrogen (secondary N) is 2. The lowest BCUT2D eigenvalue weighted by atomic mass is 10.0. The molecule has 1 aliphatic heterocycles. The second kappa shape index (κ2) is 8.59. The van der Waals surface area contributed by atoms with E-state index in [0.29, 0.717) is 13.2 Å². The molecule has 0 spiro atoms. The first-order valence-electron chi connectivity index (χ1n) is 9.58. The molecular formula is C19H27N3O5S. The zero-order chi connectivity index (χ0) is 20.3. The normalized spacial score (nSPS) is 19.2. The van der Waals surface area contributed by atoms with Gasteiger partial charge in [-0.1, -0.05) is 19.9 Å². The van der Waals surface area contributed by atoms with Gasteiger partial charge in [0.15, 0.2) is 0 Å². The fourth-order valence-electron chi connectivity index (χ4n) is 3.01. The number of carbonyl (C=O) groups is 2. The van der Waals surface area contributed by atoms with Crippen LogP contribution in [0.15, 0.2) is 29.2 Å². The van der Waals surface area contributed by atoms with Crippen LogP contribution in [0.25, 0.3) is 0 Å². The Balaban J connectivity index is 1.74. The van der Waals surface area contributed by atoms with Gasteiger partial charge in [-0.05, 0) is 37.0 Å². The summed E-state index contributed by atoms with van der Waals surface area (Å²) in [6.07, 6.45) is 1.93. The molecule has 3 rings (SSSR count). The lowest BCUT2D eigenvalue weighted by Crippen LogP contribution is -2.50. The molecule has 1 aliphatic carbocycles. The van der Waals surface area contributed by atoms with Crippen LogP contribution in [0.2, 0.25) is 0 Å². The molecule has 0 aromatic heterocycles. The Labute approximate surface area is 165 Å². The minimum Gasteiger partial charge on any atom is -0.379 e. The molecule has 2 fully saturated rings. The van der Waals surface area contributed by atoms with E-state index >= 15 is 0 Å². The first-order chi connectivity index (χ1) is 13.3. The van der Waals surface area contributed by atoms with E-state index in [2.05, 4.69) is 10.6 Å². The molecule has 2 aliphatic rings. The van der Waals surface area contributed by atoms with Gasteiger partial charge in [0.25, 0.3) is 5.91 Å². The van der Waals surface area contributed by atoms with Crippen LogP contribution >= 0.6 is 0 Å². The number of sulfonamides is 1. The van der Waals surface area contributed by atoms with Gasteiger partial charge < -0.3 is 15.4 Å². The Morgan fingerprint density at radius 1 is 1.18 bits per heavy atom. The molecule has 2 amide bonds. The van der Waals surface area contributed by atoms with Crippen LogP contribution in [0.5, 0.6) is 0 Å². The largest absolute Gasteiger partial charge is 0.379 e. The van der Waals surface area contributed by atoms with Crippen LogP contribution in [-0.4, -0.2) is 62.9 Å². The average molecular weight is 410 g/mol. The average Bonchev–Trinajstić information content (AvgIpc) is 3.50. The van der Waals surface area contributed by atoms with Crippen LogP contribution in [-0.2, 0) is 19.6 Å². The third-order valence-electron chi connectivity index (χ3n) is 4.86. The summed E-state index contributed by atoms with van der Waals surface area (Å²) in [4.78, 5) is 25.2. The fraction of sp³-hybridized carbons (Fsp3) is 0.579. The molecule has 1 aromatic carbocycles. The van der Waals surface area contributed by atoms with E-state index in [4.69, 9.17) is 4.74 Å². The second-order valence-electron chi connectivity index (χ2n) is 7.52. The molecule has 1 heterocycles. The number of nitrogens with zero attached hydrogens (tertiary/aromatic N) is 1. The lowest BCUT2D eigenvalue weighted by molar-refractivity contribution is -0.124. The predicted molar refractivity (Wildman–Crippen MR) is 103 cm³/mol. The van der Waals surface area contributed by atoms with Crippen molar-refractivity contribution in [3.05, 3.63) is 29.8 Å². The summed E-state index contributed by atoms with van der Waals surface area (Å²) in [6, 6.07) is 5.44. The van der Waals surface area contributed by atoms with Crippen LogP contribution in [0.4, 0.5) is 0 Å². The molecule has 9 heteroatoms. The Morgan fingerprint density at radius 2 is 1.86 bits per heavy atom. The van der Waals surface area contributed by atoms with Crippen molar-refractivity contribution in [2.24, 2.45) is 5.92 Å². The van der Waals surface area contributed by atoms with Crippen LogP contribution in [0.1, 0.15) is 37.0 Å². The van der Waals surface area contributed by atoms with Gasteiger partial charge in [-0.3, -0.25) is 9.59 Å². The van der Waals surface area contributed by atoms with Gasteiger partial charge in [0.2, 0.25) is 15.9 Å². The Hall–Kier alpha value is -1.97. The smallest absolute Gasteiger partial charge is 0.251 e. The van der Waals surface area contributed by atoms with E-state index in [1.807, 2.05) is 13.8 Å². The number of carbonyl (C=O) groups excluding carboxylic acids is 2. The molecule has 1 aromatic rings. The molecule has 28 heavy (non-hydrogen) atoms. The Bertz CT molecular complexity index is 830. The minimum atomic E-state index is -3.69. The maximum absolute atomic E-state index is 12.8. The second-order valence-corrected chi connectivity index (χ2v) is 9.46. The number of hydrogen-bond donors (Lipinski definition) is 2. The van der Waals surface area contributed by atoms with Crippen molar-refractivity contribution in [2.75, 3.05) is 26.3 Å². The molecule has 154 valence electrons. The summed E-state index contributed by atoms with van der Waals surface area (Å²) in [5.41, 5.74) is 0.208. The van der Waals surface area contributed by atoms with E-state index in [0.717, 1.165) is 12.8 Å². The van der Waals surface area contributed by atoms with E-state index < -0.39 is 22.0 Å². The first kappa shape index (κ1) is 20.8. The van der Waals surface area contributed by atoms with Gasteiger partial charge in [-0.2, -0.15) is 4.31 Å². The summed E-state index contributed by atoms with van der Waals surface area (Å²) in [6.45, 7) is 5.00. The number of ether oxygens (including phenoxy) is 1. The molecule has 8 nitrogen and oxygen atoms in total. The maximum Gasteiger partial charge on any atom is 0.251 e. The number of benzene rings is 1. The molecule has 0 radical (unpaired) electrons. The highest BCUT2D eigenvalue weighted by atomic mass is 32.2. The number of amides is 2. The molecular weight excluding hydrogens is 382 g/mol. The van der Waals surface area contributed by atoms with Crippen LogP contribution in [0.3, 0.4) is 0 Å². The molecule has 1 saturated carbocycles. The Kier molecular flexibility index (Phi) is 6.36. The summed E-state index contributed by atoms with van der Waals surface area (Å²) in [5, 5.41) is 5.65. The van der Waals surface area contributed by atoms with Crippen molar-refractivity contribution < 1.29 is 22.7 Å². The topological polar surface area (TPSA) is 105 Å². The van der Waals surface area contributed by atoms with Crippen molar-refractivity contribution >= 4 is 21.8 Å². The predicted octanol–water partition coefficient (Wildman–Crippen LogP) is 0.741. The van der Waals surface area contributed by atoms with Gasteiger partial charge >= 0.3 is 0 Å². The van der Waals surface area contributed by atoms with Gasteiger partial charge in [-0.15, -0.1) is 0 Å². The maximum atomic E-state index is 12.8. The van der Waals surface area contributed by atoms with Crippen molar-refractivity contribution in [2.45, 2.75) is 43.7 Å². The SMILES string of the molecule is CC(C)[C@@H](NC(=O)c1cccc(S(=O)(=O)N2CCOCC2)c1)C(=O)NC1CC1. The zero-order valence-electron chi connectivity index (χ0n) is 16.2. The summed E-state index contributed by atoms with van der Waals surface area (Å²) in [5.74, 6) is -0.769. The molecule has 1 saturated heterocycles. The molecule has 0 unspecified atom stereocenters. The highest BCUT2D eigenvalue weighted by Crippen LogP contribution is 2.20. The Morgan fingerprint density at radius 3 is 2.46 bits per heavy atom. The summed E-state index contributed by atoms with van der Waals surface area (Å²) >= 11 is 0. The monoisotopic (exact) mass is 409 g/mol. The van der Waals surface area contributed by atoms with Crippen molar-refractivity contribution in [1.82, 2.24) is 14.9 Å². The van der Waals surface area contributed by atoms with Gasteiger partial charge in [-0.25, -0.2) is 8.42 Å². The highest BCUT2D eigenvalue weighted by Gasteiger charge is 2.31. The van der Waals surface area contributed by atoms with E-state index in [1.54, 1.807) is 6.07 Å². The van der Waals surface area contributed by atoms with Crippen LogP contribution in [0, 0.1) is 5.92 Å². The molecule has 1 atom stereocenters. The van der Waals surface area contributed by atoms with Gasteiger partial charge in [0, 0.05) is 24.7 Å². The van der Waals surface area contributed by atoms with Crippen molar-refractivity contribution in [3.63, 3.8) is 0 Å². The number of rotatable bonds is 7. The third-order valence-corrected chi connectivity index (χ3v) is 6.76. The number of hydrogen-bond acceptors (Lipinski definition) is 5. The fourth-order valence-corrected chi connectivity index (χ4v) is 4.47. The van der Waals surface area contributed by atoms with Crippen LogP contribution < -0.4 is 10.6 Å². The van der Waals surface area contributed by atoms with E-state index in [9.17, 15) is 18.0 Å². The van der Waals surface area contributed by atoms with Crippen molar-refractivity contribution in [1.29, 1.82) is 0 Å². The van der Waals surface area contributed by atoms with Gasteiger partial charge in [0.05, 0.1) is 18.1 Å². The minimum absolute atomic E-state index is 0.0607. The lowest BCUT2D eigenvalue weighted by Gasteiger charge is -2.26. The standard InChI is InChI=1S/C19H27N3O5S/c1-13(2)17(19(24)20-15-6-7-15)21-18(23)14-4-3-5-16(12-14)28(25,26)22-8-10-27-11-9-22/h3-5,12-13,15,17H,6-11H2,1-2H3,(H,20,24)(H,21,23)/t17-/m1/s1. The van der Waals surface area contributed by atoms with Gasteiger partial charge in [0.1, 0.15) is 6.04 Å². The van der Waals surface area contributed by atoms with E-state index in [-0.39, 0.29) is 41.4 Å². The first-order valence-corrected chi connectivity index (χ1v) is 11.0. The quantitative estimate of drug-likeness (QED) is 0.691. The zero-order valence-corrected chi connectivity index (χ0v) is 17.0.